The molecule has 9 nitrogen and oxygen atoms in total. The van der Waals surface area contributed by atoms with Crippen molar-refractivity contribution in [3.8, 4) is 0 Å². The van der Waals surface area contributed by atoms with Gasteiger partial charge in [0.2, 0.25) is 5.91 Å². The van der Waals surface area contributed by atoms with Gasteiger partial charge < -0.3 is 5.73 Å². The normalized spacial score (nSPS) is 15.0. The van der Waals surface area contributed by atoms with E-state index in [1.165, 1.54) is 36.4 Å². The van der Waals surface area contributed by atoms with Crippen molar-refractivity contribution in [3.05, 3.63) is 69.3 Å². The van der Waals surface area contributed by atoms with E-state index in [1.807, 2.05) is 0 Å². The van der Waals surface area contributed by atoms with Gasteiger partial charge in [-0.15, -0.1) is 0 Å². The smallest absolute Gasteiger partial charge is 0.275 e. The molecule has 0 bridgehead atoms. The maximum atomic E-state index is 12.5. The van der Waals surface area contributed by atoms with Crippen LogP contribution in [0.15, 0.2) is 47.4 Å². The van der Waals surface area contributed by atoms with Crippen LogP contribution in [-0.4, -0.2) is 29.5 Å². The van der Waals surface area contributed by atoms with Crippen molar-refractivity contribution in [2.24, 2.45) is 5.73 Å². The third kappa shape index (κ3) is 2.62. The summed E-state index contributed by atoms with van der Waals surface area (Å²) in [5, 5.41) is 11.2. The summed E-state index contributed by atoms with van der Waals surface area (Å²) < 4.78 is 25.6. The Morgan fingerprint density at radius 3 is 2.48 bits per heavy atom. The number of hydrogen-bond donors (Lipinski definition) is 1. The minimum absolute atomic E-state index is 0.0129. The number of rotatable bonds is 4. The van der Waals surface area contributed by atoms with E-state index in [9.17, 15) is 28.1 Å². The van der Waals surface area contributed by atoms with Gasteiger partial charge in [0.15, 0.2) is 0 Å². The summed E-state index contributed by atoms with van der Waals surface area (Å²) in [7, 11) is -4.09. The maximum absolute atomic E-state index is 12.5. The lowest BCUT2D eigenvalue weighted by Gasteiger charge is -2.15. The number of nitro benzene ring substituents is 1. The first-order valence-electron chi connectivity index (χ1n) is 6.96. The number of sulfonamides is 1. The molecule has 0 aromatic heterocycles. The number of nitro groups is 1. The van der Waals surface area contributed by atoms with E-state index in [0.717, 1.165) is 6.07 Å². The molecule has 0 saturated heterocycles. The number of fused-ring (bicyclic) bond motifs is 1. The number of nitrogens with zero attached hydrogens (tertiary/aromatic N) is 2. The van der Waals surface area contributed by atoms with Crippen LogP contribution in [0.2, 0.25) is 0 Å². The highest BCUT2D eigenvalue weighted by atomic mass is 32.2. The van der Waals surface area contributed by atoms with Gasteiger partial charge in [-0.25, -0.2) is 12.7 Å². The first-order chi connectivity index (χ1) is 11.7. The van der Waals surface area contributed by atoms with Crippen LogP contribution in [0.1, 0.15) is 26.3 Å². The Hall–Kier alpha value is -3.27. The van der Waals surface area contributed by atoms with Crippen LogP contribution in [0.25, 0.3) is 0 Å². The van der Waals surface area contributed by atoms with Crippen molar-refractivity contribution in [2.75, 3.05) is 0 Å². The molecule has 2 N–H and O–H groups in total. The van der Waals surface area contributed by atoms with E-state index in [2.05, 4.69) is 0 Å². The molecule has 0 aliphatic carbocycles. The molecule has 2 amide bonds. The number of amides is 2. The lowest BCUT2D eigenvalue weighted by atomic mass is 10.1. The predicted octanol–water partition coefficient (Wildman–Crippen LogP) is 1.04. The van der Waals surface area contributed by atoms with Gasteiger partial charge in [-0.1, -0.05) is 12.1 Å². The Bertz CT molecular complexity index is 1030. The monoisotopic (exact) mass is 361 g/mol. The summed E-state index contributed by atoms with van der Waals surface area (Å²) in [6.45, 7) is -0.523. The van der Waals surface area contributed by atoms with Gasteiger partial charge in [-0.05, 0) is 24.3 Å². The lowest BCUT2D eigenvalue weighted by molar-refractivity contribution is -0.385. The summed E-state index contributed by atoms with van der Waals surface area (Å²) in [6, 6.07) is 9.09. The van der Waals surface area contributed by atoms with Crippen molar-refractivity contribution in [1.29, 1.82) is 0 Å². The predicted molar refractivity (Wildman–Crippen MR) is 85.1 cm³/mol. The van der Waals surface area contributed by atoms with Crippen LogP contribution in [0.3, 0.4) is 0 Å². The number of nitrogens with two attached hydrogens (primary N) is 1. The SMILES string of the molecule is NC(=O)c1ccc(CN2C(=O)c3ccccc3S2(=O)=O)c([N+](=O)[O-])c1. The highest BCUT2D eigenvalue weighted by Crippen LogP contribution is 2.33. The van der Waals surface area contributed by atoms with Gasteiger partial charge in [-0.2, -0.15) is 0 Å². The summed E-state index contributed by atoms with van der Waals surface area (Å²) in [4.78, 5) is 33.9. The fourth-order valence-corrected chi connectivity index (χ4v) is 4.11. The molecule has 1 heterocycles. The highest BCUT2D eigenvalue weighted by Gasteiger charge is 2.41. The van der Waals surface area contributed by atoms with E-state index < -0.39 is 39.0 Å². The average molecular weight is 361 g/mol. The molecule has 0 atom stereocenters. The zero-order valence-electron chi connectivity index (χ0n) is 12.6. The van der Waals surface area contributed by atoms with Crippen LogP contribution in [-0.2, 0) is 16.6 Å². The van der Waals surface area contributed by atoms with Crippen LogP contribution in [0, 0.1) is 10.1 Å². The average Bonchev–Trinajstić information content (AvgIpc) is 2.76. The Balaban J connectivity index is 2.06. The molecular formula is C15H11N3O6S. The molecule has 2 aromatic rings. The molecule has 1 aliphatic heterocycles. The Morgan fingerprint density at radius 1 is 1.20 bits per heavy atom. The van der Waals surface area contributed by atoms with Crippen LogP contribution in [0.4, 0.5) is 5.69 Å². The molecule has 128 valence electrons. The maximum Gasteiger partial charge on any atom is 0.275 e. The topological polar surface area (TPSA) is 141 Å². The first-order valence-corrected chi connectivity index (χ1v) is 8.40. The second kappa shape index (κ2) is 5.67. The quantitative estimate of drug-likeness (QED) is 0.637. The Kier molecular flexibility index (Phi) is 3.76. The van der Waals surface area contributed by atoms with Crippen LogP contribution in [0.5, 0.6) is 0 Å². The van der Waals surface area contributed by atoms with Crippen molar-refractivity contribution in [1.82, 2.24) is 4.31 Å². The van der Waals surface area contributed by atoms with Crippen molar-refractivity contribution in [2.45, 2.75) is 11.4 Å². The molecule has 1 aliphatic rings. The molecule has 0 spiro atoms. The van der Waals surface area contributed by atoms with E-state index in [1.54, 1.807) is 0 Å². The van der Waals surface area contributed by atoms with Crippen LogP contribution < -0.4 is 5.73 Å². The molecule has 0 saturated carbocycles. The standard InChI is InChI=1S/C15H11N3O6S/c16-14(19)9-5-6-10(12(7-9)18(21)22)8-17-15(20)11-3-1-2-4-13(11)25(17,23)24/h1-7H,8H2,(H2,16,19). The van der Waals surface area contributed by atoms with E-state index in [-0.39, 0.29) is 21.6 Å². The Labute approximate surface area is 141 Å². The zero-order chi connectivity index (χ0) is 18.4. The van der Waals surface area contributed by atoms with Gasteiger partial charge in [0, 0.05) is 11.6 Å². The van der Waals surface area contributed by atoms with E-state index >= 15 is 0 Å². The molecule has 3 rings (SSSR count). The number of carbonyl (C=O) groups is 2. The summed E-state index contributed by atoms with van der Waals surface area (Å²) in [6.07, 6.45) is 0. The van der Waals surface area contributed by atoms with Gasteiger partial charge in [0.05, 0.1) is 22.6 Å². The van der Waals surface area contributed by atoms with Crippen molar-refractivity contribution in [3.63, 3.8) is 0 Å². The Morgan fingerprint density at radius 2 is 1.88 bits per heavy atom. The molecule has 0 unspecified atom stereocenters. The highest BCUT2D eigenvalue weighted by molar-refractivity contribution is 7.90. The number of primary amides is 1. The molecule has 0 fully saturated rings. The largest absolute Gasteiger partial charge is 0.366 e. The van der Waals surface area contributed by atoms with Gasteiger partial charge >= 0.3 is 0 Å². The first kappa shape index (κ1) is 16.6. The summed E-state index contributed by atoms with van der Waals surface area (Å²) in [5.74, 6) is -1.61. The zero-order valence-corrected chi connectivity index (χ0v) is 13.4. The lowest BCUT2D eigenvalue weighted by Crippen LogP contribution is -2.29. The minimum Gasteiger partial charge on any atom is -0.366 e. The van der Waals surface area contributed by atoms with E-state index in [4.69, 9.17) is 5.73 Å². The molecule has 0 radical (unpaired) electrons. The fraction of sp³-hybridized carbons (Fsp3) is 0.0667. The van der Waals surface area contributed by atoms with Crippen molar-refractivity contribution < 1.29 is 22.9 Å². The van der Waals surface area contributed by atoms with E-state index in [0.29, 0.717) is 4.31 Å². The molecule has 25 heavy (non-hydrogen) atoms. The molecule has 10 heteroatoms. The van der Waals surface area contributed by atoms with Gasteiger partial charge in [0.1, 0.15) is 4.90 Å². The van der Waals surface area contributed by atoms with Crippen LogP contribution >= 0.6 is 0 Å². The second-order valence-corrected chi connectivity index (χ2v) is 7.11. The molecular weight excluding hydrogens is 350 g/mol. The minimum atomic E-state index is -4.09. The number of hydrogen-bond acceptors (Lipinski definition) is 6. The van der Waals surface area contributed by atoms with Gasteiger partial charge in [0.25, 0.3) is 21.6 Å². The third-order valence-electron chi connectivity index (χ3n) is 3.79. The van der Waals surface area contributed by atoms with Gasteiger partial charge in [-0.3, -0.25) is 19.7 Å². The fourth-order valence-electron chi connectivity index (χ4n) is 2.56. The second-order valence-electron chi connectivity index (χ2n) is 5.28. The van der Waals surface area contributed by atoms with Crippen molar-refractivity contribution >= 4 is 27.5 Å². The molecule has 2 aromatic carbocycles. The number of benzene rings is 2. The third-order valence-corrected chi connectivity index (χ3v) is 5.58. The summed E-state index contributed by atoms with van der Waals surface area (Å²) >= 11 is 0. The number of carbonyl (C=O) groups excluding carboxylic acids is 2. The summed E-state index contributed by atoms with van der Waals surface area (Å²) in [5.41, 5.74) is 4.50.